The first-order valence-electron chi connectivity index (χ1n) is 6.18. The first kappa shape index (κ1) is 12.4. The molecule has 1 aliphatic rings. The van der Waals surface area contributed by atoms with Crippen molar-refractivity contribution in [2.75, 3.05) is 12.3 Å². The third-order valence-corrected chi connectivity index (χ3v) is 4.36. The van der Waals surface area contributed by atoms with Crippen molar-refractivity contribution in [3.05, 3.63) is 0 Å². The summed E-state index contributed by atoms with van der Waals surface area (Å²) in [5, 5.41) is 4.56. The summed E-state index contributed by atoms with van der Waals surface area (Å²) in [5.74, 6) is 1.38. The van der Waals surface area contributed by atoms with Gasteiger partial charge in [0.2, 0.25) is 0 Å². The molecule has 1 aliphatic heterocycles. The number of hydrogen-bond acceptors (Lipinski definition) is 2. The van der Waals surface area contributed by atoms with Gasteiger partial charge >= 0.3 is 0 Å². The van der Waals surface area contributed by atoms with Gasteiger partial charge in [-0.25, -0.2) is 0 Å². The third-order valence-electron chi connectivity index (χ3n) is 2.96. The molecule has 2 unspecified atom stereocenters. The van der Waals surface area contributed by atoms with Crippen LogP contribution in [0.4, 0.5) is 0 Å². The number of hydrogen-bond donors (Lipinski definition) is 1. The largest absolute Gasteiger partial charge is 0.313 e. The minimum atomic E-state index is 0.720. The standard InChI is InChI=1S/C12H25NS/c1-3-4-7-11(2)13-10-12-8-5-6-9-14-12/h11-13H,3-10H2,1-2H3. The molecule has 1 fully saturated rings. The lowest BCUT2D eigenvalue weighted by Gasteiger charge is -2.23. The molecule has 0 aromatic carbocycles. The Bertz CT molecular complexity index is 132. The van der Waals surface area contributed by atoms with E-state index in [-0.39, 0.29) is 0 Å². The van der Waals surface area contributed by atoms with E-state index in [1.807, 2.05) is 0 Å². The minimum Gasteiger partial charge on any atom is -0.313 e. The molecule has 1 rings (SSSR count). The zero-order chi connectivity index (χ0) is 10.2. The summed E-state index contributed by atoms with van der Waals surface area (Å²) < 4.78 is 0. The Morgan fingerprint density at radius 2 is 2.29 bits per heavy atom. The Kier molecular flexibility index (Phi) is 6.70. The van der Waals surface area contributed by atoms with Crippen LogP contribution < -0.4 is 5.32 Å². The van der Waals surface area contributed by atoms with Crippen molar-refractivity contribution < 1.29 is 0 Å². The first-order chi connectivity index (χ1) is 6.83. The summed E-state index contributed by atoms with van der Waals surface area (Å²) in [6, 6.07) is 0.720. The van der Waals surface area contributed by atoms with Crippen molar-refractivity contribution in [1.29, 1.82) is 0 Å². The van der Waals surface area contributed by atoms with E-state index in [1.165, 1.54) is 50.8 Å². The van der Waals surface area contributed by atoms with Crippen molar-refractivity contribution in [1.82, 2.24) is 5.32 Å². The summed E-state index contributed by atoms with van der Waals surface area (Å²) in [6.07, 6.45) is 8.34. The van der Waals surface area contributed by atoms with E-state index in [0.29, 0.717) is 0 Å². The smallest absolute Gasteiger partial charge is 0.0172 e. The molecule has 2 atom stereocenters. The lowest BCUT2D eigenvalue weighted by Crippen LogP contribution is -2.33. The highest BCUT2D eigenvalue weighted by molar-refractivity contribution is 7.99. The van der Waals surface area contributed by atoms with Crippen LogP contribution >= 0.6 is 11.8 Å². The van der Waals surface area contributed by atoms with Gasteiger partial charge < -0.3 is 5.32 Å². The van der Waals surface area contributed by atoms with Crippen LogP contribution in [-0.2, 0) is 0 Å². The molecule has 0 saturated carbocycles. The second-order valence-corrected chi connectivity index (χ2v) is 5.85. The highest BCUT2D eigenvalue weighted by Crippen LogP contribution is 2.24. The fourth-order valence-corrected chi connectivity index (χ4v) is 3.16. The molecule has 0 aromatic rings. The van der Waals surface area contributed by atoms with Gasteiger partial charge in [0, 0.05) is 17.8 Å². The number of nitrogens with one attached hydrogen (secondary N) is 1. The SMILES string of the molecule is CCCCC(C)NCC1CCCCS1. The van der Waals surface area contributed by atoms with E-state index in [1.54, 1.807) is 0 Å². The average Bonchev–Trinajstić information content (AvgIpc) is 2.25. The van der Waals surface area contributed by atoms with Crippen LogP contribution in [0.15, 0.2) is 0 Å². The zero-order valence-electron chi connectivity index (χ0n) is 9.72. The van der Waals surface area contributed by atoms with E-state index < -0.39 is 0 Å². The monoisotopic (exact) mass is 215 g/mol. The first-order valence-corrected chi connectivity index (χ1v) is 7.22. The molecule has 84 valence electrons. The predicted octanol–water partition coefficient (Wildman–Crippen LogP) is 3.44. The van der Waals surface area contributed by atoms with Crippen molar-refractivity contribution in [3.63, 3.8) is 0 Å². The predicted molar refractivity (Wildman–Crippen MR) is 67.1 cm³/mol. The van der Waals surface area contributed by atoms with E-state index in [0.717, 1.165) is 11.3 Å². The third kappa shape index (κ3) is 5.26. The topological polar surface area (TPSA) is 12.0 Å². The van der Waals surface area contributed by atoms with Gasteiger partial charge in [-0.05, 0) is 31.9 Å². The van der Waals surface area contributed by atoms with Gasteiger partial charge in [0.1, 0.15) is 0 Å². The molecule has 2 heteroatoms. The maximum atomic E-state index is 3.67. The van der Waals surface area contributed by atoms with Crippen LogP contribution in [0.3, 0.4) is 0 Å². The summed E-state index contributed by atoms with van der Waals surface area (Å²) in [4.78, 5) is 0. The van der Waals surface area contributed by atoms with E-state index in [9.17, 15) is 0 Å². The quantitative estimate of drug-likeness (QED) is 0.728. The molecular formula is C12H25NS. The zero-order valence-corrected chi connectivity index (χ0v) is 10.5. The Labute approximate surface area is 93.4 Å². The van der Waals surface area contributed by atoms with Crippen LogP contribution in [0.25, 0.3) is 0 Å². The number of rotatable bonds is 6. The fraction of sp³-hybridized carbons (Fsp3) is 1.00. The molecule has 14 heavy (non-hydrogen) atoms. The van der Waals surface area contributed by atoms with Crippen LogP contribution in [-0.4, -0.2) is 23.6 Å². The molecule has 0 amide bonds. The molecule has 1 heterocycles. The second-order valence-electron chi connectivity index (χ2n) is 4.44. The molecule has 1 N–H and O–H groups in total. The molecule has 0 spiro atoms. The van der Waals surface area contributed by atoms with E-state index in [2.05, 4.69) is 30.9 Å². The van der Waals surface area contributed by atoms with Crippen LogP contribution in [0.2, 0.25) is 0 Å². The van der Waals surface area contributed by atoms with Gasteiger partial charge in [0.05, 0.1) is 0 Å². The molecule has 0 aromatic heterocycles. The van der Waals surface area contributed by atoms with Gasteiger partial charge in [0.25, 0.3) is 0 Å². The molecule has 0 aliphatic carbocycles. The fourth-order valence-electron chi connectivity index (χ4n) is 1.91. The van der Waals surface area contributed by atoms with Gasteiger partial charge in [-0.3, -0.25) is 0 Å². The molecule has 0 bridgehead atoms. The van der Waals surface area contributed by atoms with Crippen molar-refractivity contribution >= 4 is 11.8 Å². The highest BCUT2D eigenvalue weighted by atomic mass is 32.2. The maximum absolute atomic E-state index is 3.67. The van der Waals surface area contributed by atoms with Gasteiger partial charge in [0.15, 0.2) is 0 Å². The molecule has 1 saturated heterocycles. The lowest BCUT2D eigenvalue weighted by molar-refractivity contribution is 0.482. The van der Waals surface area contributed by atoms with Gasteiger partial charge in [-0.1, -0.05) is 26.2 Å². The summed E-state index contributed by atoms with van der Waals surface area (Å²) in [7, 11) is 0. The maximum Gasteiger partial charge on any atom is 0.0172 e. The lowest BCUT2D eigenvalue weighted by atomic mass is 10.1. The summed E-state index contributed by atoms with van der Waals surface area (Å²) >= 11 is 2.17. The van der Waals surface area contributed by atoms with E-state index in [4.69, 9.17) is 0 Å². The van der Waals surface area contributed by atoms with Gasteiger partial charge in [-0.15, -0.1) is 0 Å². The molecule has 1 nitrogen and oxygen atoms in total. The van der Waals surface area contributed by atoms with Crippen LogP contribution in [0.5, 0.6) is 0 Å². The average molecular weight is 215 g/mol. The van der Waals surface area contributed by atoms with E-state index >= 15 is 0 Å². The van der Waals surface area contributed by atoms with Crippen molar-refractivity contribution in [2.45, 2.75) is 63.7 Å². The van der Waals surface area contributed by atoms with Crippen LogP contribution in [0.1, 0.15) is 52.4 Å². The minimum absolute atomic E-state index is 0.720. The Morgan fingerprint density at radius 1 is 1.43 bits per heavy atom. The Balaban J connectivity index is 2.00. The van der Waals surface area contributed by atoms with Crippen molar-refractivity contribution in [3.8, 4) is 0 Å². The number of thioether (sulfide) groups is 1. The Hall–Kier alpha value is 0.310. The number of unbranched alkanes of at least 4 members (excludes halogenated alkanes) is 1. The normalized spacial score (nSPS) is 24.9. The summed E-state index contributed by atoms with van der Waals surface area (Å²) in [5.41, 5.74) is 0. The van der Waals surface area contributed by atoms with Crippen molar-refractivity contribution in [2.24, 2.45) is 0 Å². The second kappa shape index (κ2) is 7.58. The Morgan fingerprint density at radius 3 is 2.93 bits per heavy atom. The molecule has 0 radical (unpaired) electrons. The van der Waals surface area contributed by atoms with Gasteiger partial charge in [-0.2, -0.15) is 11.8 Å². The summed E-state index contributed by atoms with van der Waals surface area (Å²) in [6.45, 7) is 5.82. The highest BCUT2D eigenvalue weighted by Gasteiger charge is 2.14. The molecular weight excluding hydrogens is 190 g/mol. The van der Waals surface area contributed by atoms with Crippen LogP contribution in [0, 0.1) is 0 Å².